The van der Waals surface area contributed by atoms with Gasteiger partial charge in [-0.1, -0.05) is 24.3 Å². The molecule has 0 aliphatic carbocycles. The number of carbonyl (C=O) groups excluding carboxylic acids is 1. The number of rotatable bonds is 5. The zero-order valence-electron chi connectivity index (χ0n) is 17.6. The number of fused-ring (bicyclic) bond motifs is 1. The first kappa shape index (κ1) is 21.4. The van der Waals surface area contributed by atoms with Gasteiger partial charge in [0.2, 0.25) is 0 Å². The number of aromatic nitrogens is 4. The van der Waals surface area contributed by atoms with Crippen LogP contribution in [0.3, 0.4) is 0 Å². The van der Waals surface area contributed by atoms with Crippen LogP contribution in [-0.4, -0.2) is 26.1 Å². The number of aromatic amines is 2. The number of hydrogen-bond donors (Lipinski definition) is 3. The average Bonchev–Trinajstić information content (AvgIpc) is 3.52. The fraction of sp³-hybridized carbons (Fsp3) is 0.0800. The van der Waals surface area contributed by atoms with E-state index in [0.29, 0.717) is 11.1 Å². The standard InChI is InChI=1S/C25H18F3N5O/c26-25(27,28)20-7-1-15(2-8-20)10-31-24(34)17-5-3-16(4-6-17)18-9-21-22(19-12-32-33-13-19)14-30-23(21)29-11-18/h1-9,11-14H,10H2,(H,29,30)(H,31,34)(H,32,33). The van der Waals surface area contributed by atoms with Crippen molar-refractivity contribution in [2.45, 2.75) is 12.7 Å². The molecule has 3 N–H and O–H groups in total. The van der Waals surface area contributed by atoms with Crippen molar-refractivity contribution >= 4 is 16.9 Å². The highest BCUT2D eigenvalue weighted by Gasteiger charge is 2.29. The number of carbonyl (C=O) groups is 1. The maximum absolute atomic E-state index is 12.7. The highest BCUT2D eigenvalue weighted by molar-refractivity contribution is 5.96. The molecule has 0 spiro atoms. The van der Waals surface area contributed by atoms with Gasteiger partial charge < -0.3 is 10.3 Å². The van der Waals surface area contributed by atoms with E-state index in [1.807, 2.05) is 30.6 Å². The molecule has 1 amide bonds. The fourth-order valence-electron chi connectivity index (χ4n) is 3.71. The van der Waals surface area contributed by atoms with Gasteiger partial charge in [0.05, 0.1) is 11.8 Å². The van der Waals surface area contributed by atoms with Crippen molar-refractivity contribution in [1.82, 2.24) is 25.5 Å². The number of halogens is 3. The first-order valence-corrected chi connectivity index (χ1v) is 10.4. The topological polar surface area (TPSA) is 86.5 Å². The molecule has 5 aromatic rings. The summed E-state index contributed by atoms with van der Waals surface area (Å²) in [7, 11) is 0. The normalized spacial score (nSPS) is 11.6. The predicted octanol–water partition coefficient (Wildman–Crippen LogP) is 5.57. The van der Waals surface area contributed by atoms with Crippen molar-refractivity contribution in [3.63, 3.8) is 0 Å². The molecule has 0 bridgehead atoms. The molecule has 0 fully saturated rings. The van der Waals surface area contributed by atoms with Gasteiger partial charge in [0.15, 0.2) is 0 Å². The Hall–Kier alpha value is -4.40. The van der Waals surface area contributed by atoms with Gasteiger partial charge in [-0.3, -0.25) is 9.89 Å². The van der Waals surface area contributed by atoms with E-state index in [0.717, 1.165) is 45.4 Å². The average molecular weight is 461 g/mol. The number of alkyl halides is 3. The summed E-state index contributed by atoms with van der Waals surface area (Å²) >= 11 is 0. The van der Waals surface area contributed by atoms with Crippen LogP contribution in [0.1, 0.15) is 21.5 Å². The molecule has 6 nitrogen and oxygen atoms in total. The van der Waals surface area contributed by atoms with Gasteiger partial charge in [-0.2, -0.15) is 18.3 Å². The molecule has 3 heterocycles. The first-order chi connectivity index (χ1) is 16.4. The molecule has 0 unspecified atom stereocenters. The van der Waals surface area contributed by atoms with Crippen LogP contribution in [0.2, 0.25) is 0 Å². The van der Waals surface area contributed by atoms with Crippen LogP contribution in [0.4, 0.5) is 13.2 Å². The van der Waals surface area contributed by atoms with Gasteiger partial charge >= 0.3 is 6.18 Å². The lowest BCUT2D eigenvalue weighted by Gasteiger charge is -2.09. The minimum Gasteiger partial charge on any atom is -0.348 e. The third kappa shape index (κ3) is 4.27. The van der Waals surface area contributed by atoms with Crippen LogP contribution in [0.15, 0.2) is 79.4 Å². The number of benzene rings is 2. The summed E-state index contributed by atoms with van der Waals surface area (Å²) in [5.74, 6) is -0.312. The first-order valence-electron chi connectivity index (χ1n) is 10.4. The quantitative estimate of drug-likeness (QED) is 0.320. The fourth-order valence-corrected chi connectivity index (χ4v) is 3.71. The lowest BCUT2D eigenvalue weighted by molar-refractivity contribution is -0.137. The number of H-pyrrole nitrogens is 2. The van der Waals surface area contributed by atoms with Crippen molar-refractivity contribution in [2.75, 3.05) is 0 Å². The van der Waals surface area contributed by atoms with Crippen molar-refractivity contribution < 1.29 is 18.0 Å². The minimum absolute atomic E-state index is 0.129. The predicted molar refractivity (Wildman–Crippen MR) is 122 cm³/mol. The number of amides is 1. The van der Waals surface area contributed by atoms with Crippen LogP contribution < -0.4 is 5.32 Å². The van der Waals surface area contributed by atoms with Crippen LogP contribution in [0, 0.1) is 0 Å². The Labute approximate surface area is 191 Å². The Morgan fingerprint density at radius 1 is 0.912 bits per heavy atom. The second-order valence-electron chi connectivity index (χ2n) is 7.76. The van der Waals surface area contributed by atoms with Crippen molar-refractivity contribution in [3.8, 4) is 22.3 Å². The summed E-state index contributed by atoms with van der Waals surface area (Å²) in [6, 6.07) is 13.8. The minimum atomic E-state index is -4.38. The lowest BCUT2D eigenvalue weighted by Crippen LogP contribution is -2.22. The van der Waals surface area contributed by atoms with E-state index in [9.17, 15) is 18.0 Å². The maximum atomic E-state index is 12.7. The Balaban J connectivity index is 1.29. The molecule has 5 rings (SSSR count). The Kier molecular flexibility index (Phi) is 5.37. The van der Waals surface area contributed by atoms with Crippen LogP contribution in [0.25, 0.3) is 33.3 Å². The SMILES string of the molecule is O=C(NCc1ccc(C(F)(F)F)cc1)c1ccc(-c2cnc3[nH]cc(-c4cn[nH]c4)c3c2)cc1. The molecule has 0 atom stereocenters. The second-order valence-corrected chi connectivity index (χ2v) is 7.76. The van der Waals surface area contributed by atoms with Crippen molar-refractivity contribution in [2.24, 2.45) is 0 Å². The van der Waals surface area contributed by atoms with Crippen molar-refractivity contribution in [1.29, 1.82) is 0 Å². The molecule has 0 aliphatic heterocycles. The van der Waals surface area contributed by atoms with E-state index in [2.05, 4.69) is 25.5 Å². The molecular weight excluding hydrogens is 443 g/mol. The van der Waals surface area contributed by atoms with Gasteiger partial charge in [-0.25, -0.2) is 4.98 Å². The van der Waals surface area contributed by atoms with Crippen molar-refractivity contribution in [3.05, 3.63) is 96.1 Å². The van der Waals surface area contributed by atoms with Gasteiger partial charge in [-0.15, -0.1) is 0 Å². The van der Waals surface area contributed by atoms with E-state index in [1.165, 1.54) is 12.1 Å². The number of nitrogens with zero attached hydrogens (tertiary/aromatic N) is 2. The summed E-state index contributed by atoms with van der Waals surface area (Å²) in [6.07, 6.45) is 2.82. The summed E-state index contributed by atoms with van der Waals surface area (Å²) in [6.45, 7) is 0.129. The van der Waals surface area contributed by atoms with E-state index in [1.54, 1.807) is 24.5 Å². The highest BCUT2D eigenvalue weighted by Crippen LogP contribution is 2.31. The summed E-state index contributed by atoms with van der Waals surface area (Å²) in [4.78, 5) is 20.1. The second kappa shape index (κ2) is 8.51. The Morgan fingerprint density at radius 2 is 1.68 bits per heavy atom. The van der Waals surface area contributed by atoms with Gasteiger partial charge in [-0.05, 0) is 41.5 Å². The number of pyridine rings is 1. The molecule has 0 saturated heterocycles. The third-order valence-electron chi connectivity index (χ3n) is 5.56. The molecule has 0 aliphatic rings. The molecule has 170 valence electrons. The van der Waals surface area contributed by atoms with Crippen LogP contribution >= 0.6 is 0 Å². The third-order valence-corrected chi connectivity index (χ3v) is 5.56. The van der Waals surface area contributed by atoms with E-state index in [4.69, 9.17) is 0 Å². The lowest BCUT2D eigenvalue weighted by atomic mass is 10.0. The molecule has 2 aromatic carbocycles. The smallest absolute Gasteiger partial charge is 0.348 e. The molecular formula is C25H18F3N5O. The monoisotopic (exact) mass is 461 g/mol. The molecule has 0 saturated carbocycles. The van der Waals surface area contributed by atoms with E-state index >= 15 is 0 Å². The zero-order valence-corrected chi connectivity index (χ0v) is 17.6. The number of nitrogens with one attached hydrogen (secondary N) is 3. The molecule has 34 heavy (non-hydrogen) atoms. The summed E-state index contributed by atoms with van der Waals surface area (Å²) in [5, 5.41) is 10.5. The van der Waals surface area contributed by atoms with E-state index < -0.39 is 11.7 Å². The Bertz CT molecular complexity index is 1440. The maximum Gasteiger partial charge on any atom is 0.416 e. The zero-order chi connectivity index (χ0) is 23.7. The molecule has 0 radical (unpaired) electrons. The Morgan fingerprint density at radius 3 is 2.35 bits per heavy atom. The van der Waals surface area contributed by atoms with Crippen LogP contribution in [-0.2, 0) is 12.7 Å². The van der Waals surface area contributed by atoms with Gasteiger partial charge in [0.1, 0.15) is 5.65 Å². The van der Waals surface area contributed by atoms with Gasteiger partial charge in [0.25, 0.3) is 5.91 Å². The largest absolute Gasteiger partial charge is 0.416 e. The highest BCUT2D eigenvalue weighted by atomic mass is 19.4. The summed E-state index contributed by atoms with van der Waals surface area (Å²) < 4.78 is 38.0. The number of hydrogen-bond acceptors (Lipinski definition) is 3. The molecule has 9 heteroatoms. The van der Waals surface area contributed by atoms with Crippen LogP contribution in [0.5, 0.6) is 0 Å². The van der Waals surface area contributed by atoms with Gasteiger partial charge in [0, 0.05) is 52.8 Å². The summed E-state index contributed by atoms with van der Waals surface area (Å²) in [5.41, 5.74) is 4.80. The van der Waals surface area contributed by atoms with E-state index in [-0.39, 0.29) is 12.5 Å². The molecule has 3 aromatic heterocycles.